The highest BCUT2D eigenvalue weighted by Crippen LogP contribution is 2.49. The van der Waals surface area contributed by atoms with Gasteiger partial charge in [0.25, 0.3) is 12.3 Å². The van der Waals surface area contributed by atoms with Crippen molar-refractivity contribution in [1.82, 2.24) is 15.0 Å². The molecule has 1 aromatic rings. The van der Waals surface area contributed by atoms with Gasteiger partial charge in [0, 0.05) is 19.3 Å². The van der Waals surface area contributed by atoms with Crippen LogP contribution in [0.4, 0.5) is 26.3 Å². The Morgan fingerprint density at radius 2 is 2.04 bits per heavy atom. The summed E-state index contributed by atoms with van der Waals surface area (Å²) in [7, 11) is 0. The third-order valence-corrected chi connectivity index (χ3v) is 4.40. The topological polar surface area (TPSA) is 36.4 Å². The SMILES string of the molecule is O=C1N2C(c3cncc(F)c3)CCN2CC1(CC(F)(F)F)C(F)F. The maximum atomic E-state index is 13.4. The molecule has 1 aromatic heterocycles. The molecule has 0 aromatic carbocycles. The van der Waals surface area contributed by atoms with E-state index in [2.05, 4.69) is 4.98 Å². The number of halogens is 6. The normalized spacial score (nSPS) is 28.0. The van der Waals surface area contributed by atoms with Crippen LogP contribution in [0.1, 0.15) is 24.4 Å². The van der Waals surface area contributed by atoms with Gasteiger partial charge in [0.2, 0.25) is 0 Å². The fourth-order valence-corrected chi connectivity index (χ4v) is 3.39. The van der Waals surface area contributed by atoms with Crippen LogP contribution in [0, 0.1) is 11.2 Å². The number of rotatable bonds is 3. The Kier molecular flexibility index (Phi) is 3.97. The minimum atomic E-state index is -4.90. The largest absolute Gasteiger partial charge is 0.390 e. The van der Waals surface area contributed by atoms with E-state index in [1.807, 2.05) is 0 Å². The number of alkyl halides is 5. The minimum absolute atomic E-state index is 0.138. The van der Waals surface area contributed by atoms with Gasteiger partial charge >= 0.3 is 6.18 Å². The zero-order chi connectivity index (χ0) is 17.7. The van der Waals surface area contributed by atoms with Gasteiger partial charge in [-0.3, -0.25) is 14.8 Å². The van der Waals surface area contributed by atoms with E-state index in [4.69, 9.17) is 0 Å². The second kappa shape index (κ2) is 5.61. The molecule has 2 aliphatic heterocycles. The number of hydrogen-bond donors (Lipinski definition) is 0. The molecule has 0 saturated carbocycles. The van der Waals surface area contributed by atoms with Crippen molar-refractivity contribution in [3.8, 4) is 0 Å². The molecule has 0 bridgehead atoms. The van der Waals surface area contributed by atoms with Crippen LogP contribution in [0.15, 0.2) is 18.5 Å². The summed E-state index contributed by atoms with van der Waals surface area (Å²) in [5.41, 5.74) is -2.56. The van der Waals surface area contributed by atoms with Crippen molar-refractivity contribution in [2.45, 2.75) is 31.5 Å². The van der Waals surface area contributed by atoms with Crippen LogP contribution >= 0.6 is 0 Å². The van der Waals surface area contributed by atoms with Gasteiger partial charge in [-0.15, -0.1) is 0 Å². The molecule has 4 nitrogen and oxygen atoms in total. The maximum absolute atomic E-state index is 13.4. The first-order valence-electron chi connectivity index (χ1n) is 7.18. The summed E-state index contributed by atoms with van der Waals surface area (Å²) in [6.07, 6.45) is -7.72. The molecule has 2 fully saturated rings. The van der Waals surface area contributed by atoms with Gasteiger partial charge in [0.1, 0.15) is 11.2 Å². The molecule has 2 unspecified atom stereocenters. The van der Waals surface area contributed by atoms with Crippen molar-refractivity contribution in [3.63, 3.8) is 0 Å². The molecule has 0 aliphatic carbocycles. The molecule has 132 valence electrons. The molecule has 2 atom stereocenters. The van der Waals surface area contributed by atoms with Crippen molar-refractivity contribution in [2.75, 3.05) is 13.1 Å². The number of amides is 1. The number of aromatic nitrogens is 1. The molecule has 2 aliphatic rings. The maximum Gasteiger partial charge on any atom is 0.390 e. The quantitative estimate of drug-likeness (QED) is 0.784. The number of fused-ring (bicyclic) bond motifs is 1. The van der Waals surface area contributed by atoms with Gasteiger partial charge in [0.15, 0.2) is 0 Å². The van der Waals surface area contributed by atoms with E-state index in [1.54, 1.807) is 0 Å². The van der Waals surface area contributed by atoms with Crippen LogP contribution in [0.3, 0.4) is 0 Å². The predicted molar refractivity (Wildman–Crippen MR) is 69.1 cm³/mol. The number of carbonyl (C=O) groups excluding carboxylic acids is 1. The van der Waals surface area contributed by atoms with Crippen molar-refractivity contribution >= 4 is 5.91 Å². The first-order chi connectivity index (χ1) is 11.1. The Balaban J connectivity index is 1.94. The van der Waals surface area contributed by atoms with E-state index in [0.717, 1.165) is 17.3 Å². The number of nitrogens with zero attached hydrogens (tertiary/aromatic N) is 3. The fraction of sp³-hybridized carbons (Fsp3) is 0.571. The van der Waals surface area contributed by atoms with Gasteiger partial charge in [-0.05, 0) is 18.1 Å². The van der Waals surface area contributed by atoms with E-state index >= 15 is 0 Å². The summed E-state index contributed by atoms with van der Waals surface area (Å²) in [5.74, 6) is -1.95. The molecule has 3 heterocycles. The van der Waals surface area contributed by atoms with Gasteiger partial charge in [0.05, 0.1) is 18.7 Å². The van der Waals surface area contributed by atoms with Crippen molar-refractivity contribution in [1.29, 1.82) is 0 Å². The first kappa shape index (κ1) is 17.0. The molecular weight excluding hydrogens is 340 g/mol. The van der Waals surface area contributed by atoms with E-state index in [-0.39, 0.29) is 12.1 Å². The summed E-state index contributed by atoms with van der Waals surface area (Å²) in [6, 6.07) is 0.301. The zero-order valence-electron chi connectivity index (χ0n) is 12.2. The van der Waals surface area contributed by atoms with Crippen molar-refractivity contribution in [2.24, 2.45) is 5.41 Å². The molecular formula is C14H13F6N3O. The van der Waals surface area contributed by atoms with Gasteiger partial charge in [-0.1, -0.05) is 0 Å². The van der Waals surface area contributed by atoms with E-state index in [1.165, 1.54) is 11.2 Å². The van der Waals surface area contributed by atoms with E-state index in [0.29, 0.717) is 6.42 Å². The molecule has 10 heteroatoms. The summed E-state index contributed by atoms with van der Waals surface area (Å²) in [6.45, 7) is -0.568. The van der Waals surface area contributed by atoms with Crippen LogP contribution in [0.25, 0.3) is 0 Å². The highest BCUT2D eigenvalue weighted by molar-refractivity contribution is 5.86. The zero-order valence-corrected chi connectivity index (χ0v) is 12.2. The average molecular weight is 353 g/mol. The lowest BCUT2D eigenvalue weighted by molar-refractivity contribution is -0.184. The van der Waals surface area contributed by atoms with Gasteiger partial charge in [-0.25, -0.2) is 18.2 Å². The minimum Gasteiger partial charge on any atom is -0.272 e. The Hall–Kier alpha value is -1.84. The molecule has 24 heavy (non-hydrogen) atoms. The van der Waals surface area contributed by atoms with Crippen LogP contribution in [-0.4, -0.2) is 46.6 Å². The molecule has 3 rings (SSSR count). The lowest BCUT2D eigenvalue weighted by Gasteiger charge is -2.28. The summed E-state index contributed by atoms with van der Waals surface area (Å²) in [5, 5.41) is 2.10. The summed E-state index contributed by atoms with van der Waals surface area (Å²) >= 11 is 0. The number of carbonyl (C=O) groups is 1. The third kappa shape index (κ3) is 2.72. The van der Waals surface area contributed by atoms with Crippen molar-refractivity contribution < 1.29 is 31.1 Å². The van der Waals surface area contributed by atoms with Crippen LogP contribution in [0.2, 0.25) is 0 Å². The number of hydrazine groups is 1. The van der Waals surface area contributed by atoms with Gasteiger partial charge in [-0.2, -0.15) is 13.2 Å². The molecule has 2 saturated heterocycles. The smallest absolute Gasteiger partial charge is 0.272 e. The lowest BCUT2D eigenvalue weighted by Crippen LogP contribution is -2.44. The van der Waals surface area contributed by atoms with E-state index < -0.39 is 48.7 Å². The summed E-state index contributed by atoms with van der Waals surface area (Å²) in [4.78, 5) is 16.1. The second-order valence-electron chi connectivity index (χ2n) is 6.03. The van der Waals surface area contributed by atoms with Crippen LogP contribution < -0.4 is 0 Å². The van der Waals surface area contributed by atoms with Crippen LogP contribution in [-0.2, 0) is 4.79 Å². The van der Waals surface area contributed by atoms with Gasteiger partial charge < -0.3 is 0 Å². The molecule has 0 N–H and O–H groups in total. The first-order valence-corrected chi connectivity index (χ1v) is 7.18. The Morgan fingerprint density at radius 3 is 2.62 bits per heavy atom. The summed E-state index contributed by atoms with van der Waals surface area (Å²) < 4.78 is 78.4. The number of hydrogen-bond acceptors (Lipinski definition) is 3. The Morgan fingerprint density at radius 1 is 1.33 bits per heavy atom. The monoisotopic (exact) mass is 353 g/mol. The molecule has 0 radical (unpaired) electrons. The second-order valence-corrected chi connectivity index (χ2v) is 6.03. The highest BCUT2D eigenvalue weighted by Gasteiger charge is 2.63. The average Bonchev–Trinajstić information content (AvgIpc) is 2.97. The van der Waals surface area contributed by atoms with E-state index in [9.17, 15) is 31.1 Å². The highest BCUT2D eigenvalue weighted by atomic mass is 19.4. The molecule has 1 amide bonds. The van der Waals surface area contributed by atoms with Crippen molar-refractivity contribution in [3.05, 3.63) is 29.8 Å². The Bertz CT molecular complexity index is 652. The number of pyridine rings is 1. The third-order valence-electron chi connectivity index (χ3n) is 4.40. The standard InChI is InChI=1S/C14H13F6N3O/c15-9-3-8(4-21-5-9)10-1-2-22-7-13(11(16)17,6-14(18,19)20)12(24)23(10)22/h3-5,10-11H,1-2,6-7H2. The Labute approximate surface area is 133 Å². The fourth-order valence-electron chi connectivity index (χ4n) is 3.39. The molecule has 0 spiro atoms. The van der Waals surface area contributed by atoms with Crippen LogP contribution in [0.5, 0.6) is 0 Å². The lowest BCUT2D eigenvalue weighted by atomic mass is 9.83. The predicted octanol–water partition coefficient (Wildman–Crippen LogP) is 2.93.